The molecule has 1 saturated heterocycles. The van der Waals surface area contributed by atoms with Crippen LogP contribution in [0.2, 0.25) is 5.02 Å². The highest BCUT2D eigenvalue weighted by Gasteiger charge is 2.40. The molecule has 0 bridgehead atoms. The van der Waals surface area contributed by atoms with E-state index in [4.69, 9.17) is 11.6 Å². The zero-order valence-electron chi connectivity index (χ0n) is 11.5. The van der Waals surface area contributed by atoms with Crippen LogP contribution >= 0.6 is 27.5 Å². The van der Waals surface area contributed by atoms with E-state index in [2.05, 4.69) is 25.8 Å². The average Bonchev–Trinajstić information content (AvgIpc) is 3.26. The van der Waals surface area contributed by atoms with Crippen molar-refractivity contribution >= 4 is 43.4 Å². The number of anilines is 1. The van der Waals surface area contributed by atoms with Crippen LogP contribution in [-0.2, 0) is 10.0 Å². The van der Waals surface area contributed by atoms with E-state index in [9.17, 15) is 8.42 Å². The molecule has 0 N–H and O–H groups in total. The number of sulfonamides is 1. The van der Waals surface area contributed by atoms with E-state index < -0.39 is 10.0 Å². The van der Waals surface area contributed by atoms with E-state index in [0.717, 1.165) is 36.1 Å². The number of pyridine rings is 1. The van der Waals surface area contributed by atoms with Gasteiger partial charge in [0.2, 0.25) is 10.0 Å². The van der Waals surface area contributed by atoms with E-state index in [1.54, 1.807) is 10.5 Å². The van der Waals surface area contributed by atoms with Gasteiger partial charge in [0.25, 0.3) is 0 Å². The summed E-state index contributed by atoms with van der Waals surface area (Å²) in [5.41, 5.74) is 0. The lowest BCUT2D eigenvalue weighted by molar-refractivity contribution is 0.432. The fraction of sp³-hybridized carbons (Fsp3) is 0.615. The Kier molecular flexibility index (Phi) is 4.45. The molecule has 0 unspecified atom stereocenters. The number of rotatable bonds is 3. The highest BCUT2D eigenvalue weighted by atomic mass is 79.9. The largest absolute Gasteiger partial charge is 0.354 e. The average molecular weight is 395 g/mol. The molecule has 1 aromatic rings. The highest BCUT2D eigenvalue weighted by Crippen LogP contribution is 2.32. The van der Waals surface area contributed by atoms with Crippen molar-refractivity contribution in [3.8, 4) is 0 Å². The molecule has 0 amide bonds. The van der Waals surface area contributed by atoms with Crippen molar-refractivity contribution in [2.24, 2.45) is 0 Å². The molecule has 1 saturated carbocycles. The maximum absolute atomic E-state index is 12.3. The topological polar surface area (TPSA) is 53.5 Å². The second kappa shape index (κ2) is 6.02. The molecule has 2 fully saturated rings. The zero-order valence-corrected chi connectivity index (χ0v) is 14.7. The Morgan fingerprint density at radius 1 is 1.24 bits per heavy atom. The first-order valence-corrected chi connectivity index (χ1v) is 9.71. The monoisotopic (exact) mass is 393 g/mol. The van der Waals surface area contributed by atoms with Crippen molar-refractivity contribution < 1.29 is 8.42 Å². The van der Waals surface area contributed by atoms with Crippen LogP contribution in [0.25, 0.3) is 0 Å². The number of aromatic nitrogens is 1. The van der Waals surface area contributed by atoms with Gasteiger partial charge in [-0.1, -0.05) is 11.6 Å². The number of hydrogen-bond donors (Lipinski definition) is 0. The zero-order chi connectivity index (χ0) is 15.0. The first kappa shape index (κ1) is 15.5. The summed E-state index contributed by atoms with van der Waals surface area (Å²) < 4.78 is 27.1. The molecule has 0 radical (unpaired) electrons. The van der Waals surface area contributed by atoms with Gasteiger partial charge in [-0.15, -0.1) is 0 Å². The van der Waals surface area contributed by atoms with E-state index >= 15 is 0 Å². The van der Waals surface area contributed by atoms with Crippen LogP contribution in [0, 0.1) is 0 Å². The molecule has 21 heavy (non-hydrogen) atoms. The van der Waals surface area contributed by atoms with Gasteiger partial charge in [-0.25, -0.2) is 13.4 Å². The minimum atomic E-state index is -3.09. The summed E-state index contributed by atoms with van der Waals surface area (Å²) in [6.45, 7) is 2.49. The van der Waals surface area contributed by atoms with Crippen molar-refractivity contribution in [2.45, 2.75) is 24.5 Å². The fourth-order valence-electron chi connectivity index (χ4n) is 2.58. The normalized spacial score (nSPS) is 21.3. The number of nitrogens with zero attached hydrogens (tertiary/aromatic N) is 3. The molecule has 0 atom stereocenters. The summed E-state index contributed by atoms with van der Waals surface area (Å²) in [5.74, 6) is 0.727. The number of halogens is 2. The van der Waals surface area contributed by atoms with Gasteiger partial charge in [0, 0.05) is 36.8 Å². The van der Waals surface area contributed by atoms with E-state index in [1.165, 1.54) is 0 Å². The second-order valence-electron chi connectivity index (χ2n) is 5.44. The first-order chi connectivity index (χ1) is 9.98. The minimum Gasteiger partial charge on any atom is -0.354 e. The molecule has 1 aromatic heterocycles. The Hall–Kier alpha value is -0.370. The molecule has 8 heteroatoms. The third-order valence-electron chi connectivity index (χ3n) is 3.85. The van der Waals surface area contributed by atoms with Crippen LogP contribution in [0.15, 0.2) is 16.7 Å². The second-order valence-corrected chi connectivity index (χ2v) is 8.98. The molecule has 2 aliphatic rings. The first-order valence-electron chi connectivity index (χ1n) is 7.03. The SMILES string of the molecule is O=S(=O)(C1CC1)N1CCCN(c2ncc(Br)cc2Cl)CC1. The molecule has 3 rings (SSSR count). The van der Waals surface area contributed by atoms with E-state index in [1.807, 2.05) is 6.07 Å². The number of hydrogen-bond acceptors (Lipinski definition) is 4. The van der Waals surface area contributed by atoms with Gasteiger partial charge >= 0.3 is 0 Å². The maximum Gasteiger partial charge on any atom is 0.217 e. The summed E-state index contributed by atoms with van der Waals surface area (Å²) in [7, 11) is -3.09. The lowest BCUT2D eigenvalue weighted by Crippen LogP contribution is -2.37. The summed E-state index contributed by atoms with van der Waals surface area (Å²) in [6, 6.07) is 1.81. The molecule has 0 aromatic carbocycles. The summed E-state index contributed by atoms with van der Waals surface area (Å²) in [5, 5.41) is 0.446. The van der Waals surface area contributed by atoms with E-state index in [-0.39, 0.29) is 5.25 Å². The van der Waals surface area contributed by atoms with Crippen molar-refractivity contribution in [3.63, 3.8) is 0 Å². The predicted octanol–water partition coefficient (Wildman–Crippen LogP) is 2.50. The van der Waals surface area contributed by atoms with Crippen molar-refractivity contribution in [1.82, 2.24) is 9.29 Å². The van der Waals surface area contributed by atoms with Crippen LogP contribution in [0.4, 0.5) is 5.82 Å². The predicted molar refractivity (Wildman–Crippen MR) is 87.3 cm³/mol. The van der Waals surface area contributed by atoms with Gasteiger partial charge < -0.3 is 4.90 Å². The van der Waals surface area contributed by atoms with Crippen molar-refractivity contribution in [1.29, 1.82) is 0 Å². The van der Waals surface area contributed by atoms with Gasteiger partial charge in [0.15, 0.2) is 0 Å². The van der Waals surface area contributed by atoms with Gasteiger partial charge in [-0.05, 0) is 41.3 Å². The third-order valence-corrected chi connectivity index (χ3v) is 6.96. The Morgan fingerprint density at radius 2 is 2.00 bits per heavy atom. The molecular formula is C13H17BrClN3O2S. The lowest BCUT2D eigenvalue weighted by atomic mass is 10.3. The Labute approximate surface area is 138 Å². The lowest BCUT2D eigenvalue weighted by Gasteiger charge is -2.23. The van der Waals surface area contributed by atoms with Crippen LogP contribution < -0.4 is 4.90 Å². The van der Waals surface area contributed by atoms with Crippen LogP contribution in [0.3, 0.4) is 0 Å². The third kappa shape index (κ3) is 3.36. The van der Waals surface area contributed by atoms with Crippen LogP contribution in [0.5, 0.6) is 0 Å². The fourth-order valence-corrected chi connectivity index (χ4v) is 5.20. The highest BCUT2D eigenvalue weighted by molar-refractivity contribution is 9.10. The summed E-state index contributed by atoms with van der Waals surface area (Å²) >= 11 is 9.58. The Balaban J connectivity index is 1.73. The van der Waals surface area contributed by atoms with E-state index in [0.29, 0.717) is 24.7 Å². The Bertz CT molecular complexity index is 636. The summed E-state index contributed by atoms with van der Waals surface area (Å²) in [4.78, 5) is 6.42. The summed E-state index contributed by atoms with van der Waals surface area (Å²) in [6.07, 6.45) is 4.12. The van der Waals surface area contributed by atoms with Crippen molar-refractivity contribution in [2.75, 3.05) is 31.1 Å². The Morgan fingerprint density at radius 3 is 2.67 bits per heavy atom. The van der Waals surface area contributed by atoms with Gasteiger partial charge in [-0.2, -0.15) is 4.31 Å². The standard InChI is InChI=1S/C13H17BrClN3O2S/c14-10-8-12(15)13(16-9-10)17-4-1-5-18(7-6-17)21(19,20)11-2-3-11/h8-9,11H,1-7H2. The van der Waals surface area contributed by atoms with Gasteiger partial charge in [0.05, 0.1) is 10.3 Å². The van der Waals surface area contributed by atoms with Gasteiger partial charge in [0.1, 0.15) is 5.82 Å². The van der Waals surface area contributed by atoms with Crippen LogP contribution in [0.1, 0.15) is 19.3 Å². The quantitative estimate of drug-likeness (QED) is 0.790. The minimum absolute atomic E-state index is 0.140. The molecule has 1 aliphatic carbocycles. The molecule has 116 valence electrons. The molecule has 5 nitrogen and oxygen atoms in total. The van der Waals surface area contributed by atoms with Crippen LogP contribution in [-0.4, -0.2) is 49.1 Å². The van der Waals surface area contributed by atoms with Gasteiger partial charge in [-0.3, -0.25) is 0 Å². The smallest absolute Gasteiger partial charge is 0.217 e. The van der Waals surface area contributed by atoms with Crippen molar-refractivity contribution in [3.05, 3.63) is 21.8 Å². The molecular weight excluding hydrogens is 378 g/mol. The maximum atomic E-state index is 12.3. The molecule has 2 heterocycles. The molecule has 0 spiro atoms. The molecule has 1 aliphatic heterocycles.